The molecular formula is C9H7BrFN3S. The van der Waals surface area contributed by atoms with Crippen molar-refractivity contribution in [1.82, 2.24) is 14.8 Å². The molecule has 0 atom stereocenters. The molecule has 0 unspecified atom stereocenters. The molecule has 0 aliphatic carbocycles. The van der Waals surface area contributed by atoms with Gasteiger partial charge in [-0.2, -0.15) is 5.10 Å². The standard InChI is InChI=1S/C9H7BrFN3S/c1-14-8(12-13-9(14)15)6-3-2-5(10)4-7(6)11/h2-4H,1H3,(H,13,15). The van der Waals surface area contributed by atoms with Crippen LogP contribution in [0.3, 0.4) is 0 Å². The highest BCUT2D eigenvalue weighted by Crippen LogP contribution is 2.23. The molecule has 6 heteroatoms. The summed E-state index contributed by atoms with van der Waals surface area (Å²) in [5.41, 5.74) is 0.424. The first-order valence-corrected chi connectivity index (χ1v) is 5.36. The Labute approximate surface area is 99.1 Å². The van der Waals surface area contributed by atoms with E-state index in [0.29, 0.717) is 20.6 Å². The minimum Gasteiger partial charge on any atom is -0.303 e. The van der Waals surface area contributed by atoms with E-state index in [-0.39, 0.29) is 5.82 Å². The van der Waals surface area contributed by atoms with Gasteiger partial charge in [0.05, 0.1) is 5.56 Å². The van der Waals surface area contributed by atoms with E-state index in [1.807, 2.05) is 0 Å². The van der Waals surface area contributed by atoms with Gasteiger partial charge in [-0.3, -0.25) is 5.10 Å². The minimum absolute atomic E-state index is 0.332. The van der Waals surface area contributed by atoms with Crippen molar-refractivity contribution in [2.45, 2.75) is 0 Å². The summed E-state index contributed by atoms with van der Waals surface area (Å²) in [7, 11) is 1.74. The molecule has 1 aromatic heterocycles. The molecule has 1 N–H and O–H groups in total. The van der Waals surface area contributed by atoms with E-state index in [9.17, 15) is 4.39 Å². The predicted octanol–water partition coefficient (Wildman–Crippen LogP) is 3.05. The van der Waals surface area contributed by atoms with Crippen molar-refractivity contribution in [3.8, 4) is 11.4 Å². The van der Waals surface area contributed by atoms with Crippen LogP contribution in [0.25, 0.3) is 11.4 Å². The Kier molecular flexibility index (Phi) is 2.70. The molecule has 2 rings (SSSR count). The fourth-order valence-corrected chi connectivity index (χ4v) is 1.72. The Balaban J connectivity index is 2.64. The first-order chi connectivity index (χ1) is 7.09. The topological polar surface area (TPSA) is 33.6 Å². The molecule has 0 aliphatic rings. The number of H-pyrrole nitrogens is 1. The lowest BCUT2D eigenvalue weighted by Gasteiger charge is -2.02. The van der Waals surface area contributed by atoms with E-state index in [1.165, 1.54) is 6.07 Å². The second-order valence-corrected chi connectivity index (χ2v) is 4.34. The summed E-state index contributed by atoms with van der Waals surface area (Å²) < 4.78 is 16.4. The Hall–Kier alpha value is -1.01. The maximum absolute atomic E-state index is 13.6. The molecule has 0 saturated heterocycles. The molecule has 0 amide bonds. The van der Waals surface area contributed by atoms with Crippen LogP contribution in [-0.4, -0.2) is 14.8 Å². The van der Waals surface area contributed by atoms with Crippen LogP contribution < -0.4 is 0 Å². The smallest absolute Gasteiger partial charge is 0.195 e. The third kappa shape index (κ3) is 1.87. The number of hydrogen-bond acceptors (Lipinski definition) is 2. The molecule has 1 aromatic carbocycles. The second kappa shape index (κ2) is 3.86. The maximum Gasteiger partial charge on any atom is 0.195 e. The summed E-state index contributed by atoms with van der Waals surface area (Å²) in [6.07, 6.45) is 0. The molecule has 0 radical (unpaired) electrons. The SMILES string of the molecule is Cn1c(-c2ccc(Br)cc2F)n[nH]c1=S. The molecule has 0 aliphatic heterocycles. The van der Waals surface area contributed by atoms with Crippen molar-refractivity contribution in [3.05, 3.63) is 33.3 Å². The lowest BCUT2D eigenvalue weighted by Crippen LogP contribution is -1.94. The first kappa shape index (κ1) is 10.5. The average Bonchev–Trinajstić information content (AvgIpc) is 2.49. The molecule has 78 valence electrons. The summed E-state index contributed by atoms with van der Waals surface area (Å²) in [4.78, 5) is 0. The van der Waals surface area contributed by atoms with Crippen molar-refractivity contribution >= 4 is 28.1 Å². The number of nitrogens with one attached hydrogen (secondary N) is 1. The third-order valence-electron chi connectivity index (χ3n) is 2.05. The van der Waals surface area contributed by atoms with Crippen molar-refractivity contribution in [3.63, 3.8) is 0 Å². The predicted molar refractivity (Wildman–Crippen MR) is 61.5 cm³/mol. The largest absolute Gasteiger partial charge is 0.303 e. The van der Waals surface area contributed by atoms with E-state index < -0.39 is 0 Å². The van der Waals surface area contributed by atoms with Gasteiger partial charge in [0.15, 0.2) is 10.6 Å². The number of benzene rings is 1. The fraction of sp³-hybridized carbons (Fsp3) is 0.111. The van der Waals surface area contributed by atoms with Crippen LogP contribution >= 0.6 is 28.1 Å². The maximum atomic E-state index is 13.6. The van der Waals surface area contributed by atoms with Crippen molar-refractivity contribution in [1.29, 1.82) is 0 Å². The van der Waals surface area contributed by atoms with E-state index in [1.54, 1.807) is 23.7 Å². The van der Waals surface area contributed by atoms with Gasteiger partial charge in [-0.05, 0) is 30.4 Å². The van der Waals surface area contributed by atoms with E-state index in [4.69, 9.17) is 12.2 Å². The van der Waals surface area contributed by atoms with E-state index in [0.717, 1.165) is 0 Å². The van der Waals surface area contributed by atoms with Gasteiger partial charge in [-0.1, -0.05) is 15.9 Å². The monoisotopic (exact) mass is 287 g/mol. The molecule has 0 fully saturated rings. The number of aromatic nitrogens is 3. The van der Waals surface area contributed by atoms with E-state index >= 15 is 0 Å². The lowest BCUT2D eigenvalue weighted by atomic mass is 10.2. The summed E-state index contributed by atoms with van der Waals surface area (Å²) in [6.45, 7) is 0. The number of rotatable bonds is 1. The van der Waals surface area contributed by atoms with Crippen LogP contribution in [-0.2, 0) is 7.05 Å². The molecule has 0 spiro atoms. The quantitative estimate of drug-likeness (QED) is 0.818. The summed E-state index contributed by atoms with van der Waals surface area (Å²) in [5.74, 6) is 0.159. The first-order valence-electron chi connectivity index (χ1n) is 4.16. The third-order valence-corrected chi connectivity index (χ3v) is 2.91. The van der Waals surface area contributed by atoms with Crippen LogP contribution in [0.5, 0.6) is 0 Å². The highest BCUT2D eigenvalue weighted by Gasteiger charge is 2.10. The Morgan fingerprint density at radius 1 is 1.53 bits per heavy atom. The normalized spacial score (nSPS) is 10.6. The lowest BCUT2D eigenvalue weighted by molar-refractivity contribution is 0.628. The van der Waals surface area contributed by atoms with Crippen LogP contribution in [0.15, 0.2) is 22.7 Å². The van der Waals surface area contributed by atoms with Crippen LogP contribution in [0, 0.1) is 10.6 Å². The fourth-order valence-electron chi connectivity index (χ4n) is 1.26. The van der Waals surface area contributed by atoms with Gasteiger partial charge in [0.1, 0.15) is 5.82 Å². The zero-order valence-corrected chi connectivity index (χ0v) is 10.2. The zero-order valence-electron chi connectivity index (χ0n) is 7.79. The Morgan fingerprint density at radius 2 is 2.27 bits per heavy atom. The Morgan fingerprint density at radius 3 is 2.80 bits per heavy atom. The highest BCUT2D eigenvalue weighted by molar-refractivity contribution is 9.10. The van der Waals surface area contributed by atoms with Crippen LogP contribution in [0.4, 0.5) is 4.39 Å². The number of nitrogens with zero attached hydrogens (tertiary/aromatic N) is 2. The van der Waals surface area contributed by atoms with Crippen molar-refractivity contribution in [2.24, 2.45) is 7.05 Å². The molecule has 2 aromatic rings. The van der Waals surface area contributed by atoms with Crippen LogP contribution in [0.2, 0.25) is 0 Å². The molecule has 0 bridgehead atoms. The van der Waals surface area contributed by atoms with Gasteiger partial charge in [-0.15, -0.1) is 0 Å². The van der Waals surface area contributed by atoms with Gasteiger partial charge >= 0.3 is 0 Å². The Bertz CT molecular complexity index is 561. The van der Waals surface area contributed by atoms with Gasteiger partial charge in [0, 0.05) is 11.5 Å². The number of aromatic amines is 1. The van der Waals surface area contributed by atoms with Gasteiger partial charge in [0.25, 0.3) is 0 Å². The highest BCUT2D eigenvalue weighted by atomic mass is 79.9. The van der Waals surface area contributed by atoms with Gasteiger partial charge < -0.3 is 4.57 Å². The van der Waals surface area contributed by atoms with Crippen LogP contribution in [0.1, 0.15) is 0 Å². The van der Waals surface area contributed by atoms with Crippen molar-refractivity contribution < 1.29 is 4.39 Å². The van der Waals surface area contributed by atoms with Gasteiger partial charge in [-0.25, -0.2) is 4.39 Å². The number of hydrogen-bond donors (Lipinski definition) is 1. The summed E-state index contributed by atoms with van der Waals surface area (Å²) in [6, 6.07) is 4.81. The summed E-state index contributed by atoms with van der Waals surface area (Å²) >= 11 is 8.15. The zero-order chi connectivity index (χ0) is 11.0. The second-order valence-electron chi connectivity index (χ2n) is 3.04. The molecular weight excluding hydrogens is 281 g/mol. The minimum atomic E-state index is -0.332. The van der Waals surface area contributed by atoms with Crippen molar-refractivity contribution in [2.75, 3.05) is 0 Å². The van der Waals surface area contributed by atoms with Gasteiger partial charge in [0.2, 0.25) is 0 Å². The molecule has 15 heavy (non-hydrogen) atoms. The number of halogens is 2. The molecule has 0 saturated carbocycles. The average molecular weight is 288 g/mol. The molecule has 1 heterocycles. The molecule has 3 nitrogen and oxygen atoms in total. The van der Waals surface area contributed by atoms with E-state index in [2.05, 4.69) is 26.1 Å². The summed E-state index contributed by atoms with van der Waals surface area (Å²) in [5, 5.41) is 6.58.